The molecule has 5 heteroatoms. The number of hydrogen-bond donors (Lipinski definition) is 1. The molecule has 0 fully saturated rings. The summed E-state index contributed by atoms with van der Waals surface area (Å²) >= 11 is 0. The highest BCUT2D eigenvalue weighted by atomic mass is 16.5. The predicted molar refractivity (Wildman–Crippen MR) is 124 cm³/mol. The lowest BCUT2D eigenvalue weighted by molar-refractivity contribution is -0.139. The molecule has 1 amide bonds. The monoisotopic (exact) mass is 427 g/mol. The van der Waals surface area contributed by atoms with Crippen molar-refractivity contribution in [1.29, 1.82) is 0 Å². The first kappa shape index (κ1) is 21.4. The fraction of sp³-hybridized carbons (Fsp3) is 0.185. The van der Waals surface area contributed by atoms with Crippen LogP contribution in [0.25, 0.3) is 17.2 Å². The molecule has 0 unspecified atom stereocenters. The van der Waals surface area contributed by atoms with Crippen LogP contribution in [0, 0.1) is 0 Å². The normalized spacial score (nSPS) is 12.3. The molecule has 0 radical (unpaired) electrons. The maximum Gasteiger partial charge on any atom is 0.407 e. The van der Waals surface area contributed by atoms with Crippen molar-refractivity contribution < 1.29 is 19.1 Å². The van der Waals surface area contributed by atoms with Crippen LogP contribution >= 0.6 is 0 Å². The second kappa shape index (κ2) is 9.96. The summed E-state index contributed by atoms with van der Waals surface area (Å²) in [7, 11) is 1.38. The van der Waals surface area contributed by atoms with Crippen LogP contribution in [0.5, 0.6) is 0 Å². The summed E-state index contributed by atoms with van der Waals surface area (Å²) in [5, 5.41) is 2.76. The number of alkyl carbamates (subject to hydrolysis) is 1. The molecule has 162 valence electrons. The van der Waals surface area contributed by atoms with E-state index in [9.17, 15) is 9.59 Å². The van der Waals surface area contributed by atoms with Crippen LogP contribution in [-0.4, -0.2) is 32.3 Å². The number of fused-ring (bicyclic) bond motifs is 3. The van der Waals surface area contributed by atoms with Gasteiger partial charge in [0.1, 0.15) is 6.61 Å². The van der Waals surface area contributed by atoms with Crippen molar-refractivity contribution in [2.75, 3.05) is 20.3 Å². The first-order chi connectivity index (χ1) is 15.7. The topological polar surface area (TPSA) is 64.6 Å². The zero-order valence-electron chi connectivity index (χ0n) is 17.9. The van der Waals surface area contributed by atoms with Gasteiger partial charge < -0.3 is 14.8 Å². The Kier molecular flexibility index (Phi) is 6.66. The van der Waals surface area contributed by atoms with Crippen LogP contribution < -0.4 is 5.32 Å². The SMILES string of the molecule is COC(=O)Cc1cccc(C=CCNC(=O)OCC2c3ccccc3-c3ccccc32)c1. The molecule has 0 saturated heterocycles. The second-order valence-electron chi connectivity index (χ2n) is 7.61. The maximum atomic E-state index is 12.2. The quantitative estimate of drug-likeness (QED) is 0.542. The van der Waals surface area contributed by atoms with Gasteiger partial charge in [0, 0.05) is 12.5 Å². The summed E-state index contributed by atoms with van der Waals surface area (Å²) in [6.45, 7) is 0.636. The molecule has 0 heterocycles. The molecule has 32 heavy (non-hydrogen) atoms. The lowest BCUT2D eigenvalue weighted by Crippen LogP contribution is -2.26. The Balaban J connectivity index is 1.29. The first-order valence-corrected chi connectivity index (χ1v) is 10.6. The van der Waals surface area contributed by atoms with E-state index in [1.807, 2.05) is 60.7 Å². The molecule has 1 aliphatic carbocycles. The minimum Gasteiger partial charge on any atom is -0.469 e. The number of esters is 1. The molecular weight excluding hydrogens is 402 g/mol. The highest BCUT2D eigenvalue weighted by Gasteiger charge is 2.28. The van der Waals surface area contributed by atoms with Crippen molar-refractivity contribution in [2.45, 2.75) is 12.3 Å². The number of carbonyl (C=O) groups is 2. The van der Waals surface area contributed by atoms with Gasteiger partial charge in [-0.3, -0.25) is 4.79 Å². The van der Waals surface area contributed by atoms with Crippen LogP contribution in [0.3, 0.4) is 0 Å². The minimum absolute atomic E-state index is 0.0428. The Morgan fingerprint density at radius 3 is 2.31 bits per heavy atom. The molecule has 0 aromatic heterocycles. The van der Waals surface area contributed by atoms with Gasteiger partial charge in [-0.1, -0.05) is 84.9 Å². The molecule has 1 N–H and O–H groups in total. The van der Waals surface area contributed by atoms with E-state index in [4.69, 9.17) is 9.47 Å². The van der Waals surface area contributed by atoms with E-state index in [2.05, 4.69) is 29.6 Å². The van der Waals surface area contributed by atoms with Crippen molar-refractivity contribution in [2.24, 2.45) is 0 Å². The van der Waals surface area contributed by atoms with Crippen LogP contribution in [0.1, 0.15) is 28.2 Å². The number of benzene rings is 3. The third kappa shape index (κ3) is 4.89. The molecule has 4 rings (SSSR count). The number of hydrogen-bond acceptors (Lipinski definition) is 4. The summed E-state index contributed by atoms with van der Waals surface area (Å²) in [5.74, 6) is -0.232. The van der Waals surface area contributed by atoms with Gasteiger partial charge in [0.2, 0.25) is 0 Å². The second-order valence-corrected chi connectivity index (χ2v) is 7.61. The van der Waals surface area contributed by atoms with Crippen LogP contribution in [0.2, 0.25) is 0 Å². The average molecular weight is 428 g/mol. The zero-order chi connectivity index (χ0) is 22.3. The fourth-order valence-electron chi connectivity index (χ4n) is 4.03. The molecule has 0 aliphatic heterocycles. The van der Waals surface area contributed by atoms with E-state index in [-0.39, 0.29) is 18.3 Å². The smallest absolute Gasteiger partial charge is 0.407 e. The third-order valence-corrected chi connectivity index (χ3v) is 5.55. The zero-order valence-corrected chi connectivity index (χ0v) is 17.9. The van der Waals surface area contributed by atoms with Crippen LogP contribution in [0.15, 0.2) is 78.9 Å². The van der Waals surface area contributed by atoms with Gasteiger partial charge in [-0.25, -0.2) is 4.79 Å². The summed E-state index contributed by atoms with van der Waals surface area (Å²) in [4.78, 5) is 23.6. The molecule has 0 spiro atoms. The summed E-state index contributed by atoms with van der Waals surface area (Å²) in [5.41, 5.74) is 6.61. The third-order valence-electron chi connectivity index (χ3n) is 5.55. The van der Waals surface area contributed by atoms with Gasteiger partial charge in [0.05, 0.1) is 13.5 Å². The Labute approximate surface area is 187 Å². The number of carbonyl (C=O) groups excluding carboxylic acids is 2. The summed E-state index contributed by atoms with van der Waals surface area (Å²) in [6, 6.07) is 24.1. The van der Waals surface area contributed by atoms with E-state index in [1.165, 1.54) is 29.4 Å². The Bertz CT molecular complexity index is 1110. The van der Waals surface area contributed by atoms with E-state index in [1.54, 1.807) is 0 Å². The predicted octanol–water partition coefficient (Wildman–Crippen LogP) is 4.95. The number of nitrogens with one attached hydrogen (secondary N) is 1. The van der Waals surface area contributed by atoms with Gasteiger partial charge in [0.15, 0.2) is 0 Å². The van der Waals surface area contributed by atoms with E-state index in [0.29, 0.717) is 13.2 Å². The summed E-state index contributed by atoms with van der Waals surface area (Å²) < 4.78 is 10.2. The van der Waals surface area contributed by atoms with Crippen molar-refractivity contribution in [3.05, 3.63) is 101 Å². The number of rotatable bonds is 7. The van der Waals surface area contributed by atoms with Crippen LogP contribution in [-0.2, 0) is 20.7 Å². The van der Waals surface area contributed by atoms with Crippen molar-refractivity contribution >= 4 is 18.1 Å². The molecule has 3 aromatic rings. The van der Waals surface area contributed by atoms with E-state index >= 15 is 0 Å². The van der Waals surface area contributed by atoms with Crippen molar-refractivity contribution in [3.8, 4) is 11.1 Å². The van der Waals surface area contributed by atoms with Gasteiger partial charge in [-0.05, 0) is 33.4 Å². The van der Waals surface area contributed by atoms with Gasteiger partial charge in [0.25, 0.3) is 0 Å². The molecule has 0 saturated carbocycles. The maximum absolute atomic E-state index is 12.2. The Morgan fingerprint density at radius 2 is 1.62 bits per heavy atom. The van der Waals surface area contributed by atoms with Gasteiger partial charge in [-0.2, -0.15) is 0 Å². The molecule has 0 bridgehead atoms. The van der Waals surface area contributed by atoms with Crippen molar-refractivity contribution in [3.63, 3.8) is 0 Å². The molecule has 3 aromatic carbocycles. The van der Waals surface area contributed by atoms with E-state index in [0.717, 1.165) is 11.1 Å². The average Bonchev–Trinajstić information content (AvgIpc) is 3.14. The van der Waals surface area contributed by atoms with E-state index < -0.39 is 6.09 Å². The lowest BCUT2D eigenvalue weighted by Gasteiger charge is -2.14. The minimum atomic E-state index is -0.448. The highest BCUT2D eigenvalue weighted by molar-refractivity contribution is 5.79. The molecule has 0 atom stereocenters. The standard InChI is InChI=1S/C27H25NO4/c1-31-26(29)17-20-9-6-8-19(16-20)10-7-15-28-27(30)32-18-25-23-13-4-2-11-21(23)22-12-3-5-14-24(22)25/h2-14,16,25H,15,17-18H2,1H3,(H,28,30). The van der Waals surface area contributed by atoms with Crippen LogP contribution in [0.4, 0.5) is 4.79 Å². The van der Waals surface area contributed by atoms with Gasteiger partial charge >= 0.3 is 12.1 Å². The Hall–Kier alpha value is -3.86. The highest BCUT2D eigenvalue weighted by Crippen LogP contribution is 2.44. The molecule has 5 nitrogen and oxygen atoms in total. The first-order valence-electron chi connectivity index (χ1n) is 10.6. The summed E-state index contributed by atoms with van der Waals surface area (Å²) in [6.07, 6.45) is 3.52. The fourth-order valence-corrected chi connectivity index (χ4v) is 4.03. The molecular formula is C27H25NO4. The number of methoxy groups -OCH3 is 1. The number of ether oxygens (including phenoxy) is 2. The number of amides is 1. The van der Waals surface area contributed by atoms with Gasteiger partial charge in [-0.15, -0.1) is 0 Å². The Morgan fingerprint density at radius 1 is 0.938 bits per heavy atom. The molecule has 1 aliphatic rings. The van der Waals surface area contributed by atoms with Crippen molar-refractivity contribution in [1.82, 2.24) is 5.32 Å². The lowest BCUT2D eigenvalue weighted by atomic mass is 9.98. The largest absolute Gasteiger partial charge is 0.469 e.